The van der Waals surface area contributed by atoms with E-state index in [1.807, 2.05) is 25.1 Å². The molecule has 3 saturated heterocycles. The highest BCUT2D eigenvalue weighted by Gasteiger charge is 2.49. The standard InChI is InChI=1S/C35H41FN6O3/c1-5-22-8-6-9-23-14-25(43)15-26(30(22)23)27-16-28-31(33(38-27)44-4)32(42-13-11-37-18-29(42)21(2)3)40-34(39-28)45-20-35-10-7-12-41(35)19-24(36)17-35/h6,8-9,14-16,24,29,37,43H,2,5,7,10-13,17-20H2,1,3-4H3/t24-,29?,35+/m1/s1. The molecule has 5 heterocycles. The molecule has 0 spiro atoms. The predicted octanol–water partition coefficient (Wildman–Crippen LogP) is 5.43. The highest BCUT2D eigenvalue weighted by molar-refractivity contribution is 6.02. The summed E-state index contributed by atoms with van der Waals surface area (Å²) in [5.41, 5.74) is 3.89. The van der Waals surface area contributed by atoms with Gasteiger partial charge in [0.05, 0.1) is 29.9 Å². The van der Waals surface area contributed by atoms with Crippen molar-refractivity contribution >= 4 is 27.5 Å². The van der Waals surface area contributed by atoms with Gasteiger partial charge < -0.3 is 24.8 Å². The predicted molar refractivity (Wildman–Crippen MR) is 175 cm³/mol. The van der Waals surface area contributed by atoms with Crippen LogP contribution in [0.1, 0.15) is 38.7 Å². The van der Waals surface area contributed by atoms with Crippen LogP contribution in [-0.4, -0.2) is 89.2 Å². The largest absolute Gasteiger partial charge is 0.508 e. The summed E-state index contributed by atoms with van der Waals surface area (Å²) in [5.74, 6) is 1.23. The molecule has 0 aliphatic carbocycles. The van der Waals surface area contributed by atoms with Gasteiger partial charge in [-0.2, -0.15) is 9.97 Å². The fourth-order valence-corrected chi connectivity index (χ4v) is 7.67. The molecule has 7 rings (SSSR count). The van der Waals surface area contributed by atoms with Crippen LogP contribution in [0.4, 0.5) is 10.2 Å². The Morgan fingerprint density at radius 1 is 1.18 bits per heavy atom. The average molecular weight is 613 g/mol. The quantitative estimate of drug-likeness (QED) is 0.253. The number of halogens is 1. The number of fused-ring (bicyclic) bond motifs is 3. The molecule has 0 radical (unpaired) electrons. The molecule has 2 N–H and O–H groups in total. The van der Waals surface area contributed by atoms with E-state index in [9.17, 15) is 9.50 Å². The number of phenols is 1. The van der Waals surface area contributed by atoms with E-state index in [4.69, 9.17) is 24.4 Å². The molecule has 45 heavy (non-hydrogen) atoms. The molecule has 2 aromatic carbocycles. The van der Waals surface area contributed by atoms with Crippen molar-refractivity contribution < 1.29 is 19.0 Å². The molecule has 0 bridgehead atoms. The number of aromatic hydroxyl groups is 1. The summed E-state index contributed by atoms with van der Waals surface area (Å²) in [6.45, 7) is 12.3. The number of aryl methyl sites for hydroxylation is 1. The van der Waals surface area contributed by atoms with Crippen LogP contribution in [-0.2, 0) is 6.42 Å². The van der Waals surface area contributed by atoms with E-state index in [2.05, 4.69) is 34.7 Å². The van der Waals surface area contributed by atoms with Crippen molar-refractivity contribution in [3.05, 3.63) is 54.1 Å². The first kappa shape index (κ1) is 29.7. The monoisotopic (exact) mass is 612 g/mol. The molecule has 4 aromatic rings. The van der Waals surface area contributed by atoms with E-state index in [-0.39, 0.29) is 23.3 Å². The van der Waals surface area contributed by atoms with Gasteiger partial charge in [0.25, 0.3) is 0 Å². The number of nitrogens with one attached hydrogen (secondary N) is 1. The summed E-state index contributed by atoms with van der Waals surface area (Å²) < 4.78 is 26.9. The van der Waals surface area contributed by atoms with Crippen molar-refractivity contribution in [3.8, 4) is 28.9 Å². The van der Waals surface area contributed by atoms with Gasteiger partial charge in [-0.3, -0.25) is 4.90 Å². The smallest absolute Gasteiger partial charge is 0.319 e. The molecule has 0 saturated carbocycles. The number of anilines is 1. The molecule has 1 unspecified atom stereocenters. The number of hydrogen-bond donors (Lipinski definition) is 2. The number of aromatic nitrogens is 3. The number of phenolic OH excluding ortho intramolecular Hbond substituents is 1. The van der Waals surface area contributed by atoms with Gasteiger partial charge in [0.1, 0.15) is 29.7 Å². The molecule has 3 fully saturated rings. The van der Waals surface area contributed by atoms with Crippen molar-refractivity contribution in [1.29, 1.82) is 0 Å². The van der Waals surface area contributed by atoms with Crippen molar-refractivity contribution in [2.45, 2.75) is 57.3 Å². The number of benzene rings is 2. The number of hydrogen-bond acceptors (Lipinski definition) is 9. The fraction of sp³-hybridized carbons (Fsp3) is 0.457. The highest BCUT2D eigenvalue weighted by Crippen LogP contribution is 2.42. The molecule has 3 aliphatic heterocycles. The molecular weight excluding hydrogens is 571 g/mol. The Morgan fingerprint density at radius 3 is 2.84 bits per heavy atom. The maximum Gasteiger partial charge on any atom is 0.319 e. The zero-order chi connectivity index (χ0) is 31.3. The highest BCUT2D eigenvalue weighted by atomic mass is 19.1. The van der Waals surface area contributed by atoms with Crippen LogP contribution >= 0.6 is 0 Å². The Morgan fingerprint density at radius 2 is 2.04 bits per heavy atom. The Bertz CT molecular complexity index is 1780. The van der Waals surface area contributed by atoms with Gasteiger partial charge in [-0.05, 0) is 67.3 Å². The van der Waals surface area contributed by atoms with E-state index < -0.39 is 6.17 Å². The molecular formula is C35H41FN6O3. The lowest BCUT2D eigenvalue weighted by atomic mass is 9.95. The van der Waals surface area contributed by atoms with Crippen molar-refractivity contribution in [1.82, 2.24) is 25.2 Å². The van der Waals surface area contributed by atoms with E-state index in [0.29, 0.717) is 54.4 Å². The number of ether oxygens (including phenoxy) is 2. The molecule has 0 amide bonds. The lowest BCUT2D eigenvalue weighted by molar-refractivity contribution is 0.107. The minimum absolute atomic E-state index is 0.00209. The Kier molecular flexibility index (Phi) is 7.73. The summed E-state index contributed by atoms with van der Waals surface area (Å²) in [6, 6.07) is 11.8. The maximum atomic E-state index is 14.5. The van der Waals surface area contributed by atoms with E-state index in [1.54, 1.807) is 19.2 Å². The van der Waals surface area contributed by atoms with Gasteiger partial charge in [0.15, 0.2) is 0 Å². The first-order valence-corrected chi connectivity index (χ1v) is 16.0. The van der Waals surface area contributed by atoms with E-state index in [0.717, 1.165) is 66.4 Å². The Balaban J connectivity index is 1.41. The molecule has 9 nitrogen and oxygen atoms in total. The second kappa shape index (κ2) is 11.7. The van der Waals surface area contributed by atoms with Crippen molar-refractivity contribution in [3.63, 3.8) is 0 Å². The fourth-order valence-electron chi connectivity index (χ4n) is 7.67. The molecule has 3 atom stereocenters. The zero-order valence-corrected chi connectivity index (χ0v) is 26.3. The second-order valence-corrected chi connectivity index (χ2v) is 12.7. The van der Waals surface area contributed by atoms with Crippen LogP contribution in [0.2, 0.25) is 0 Å². The third-order valence-electron chi connectivity index (χ3n) is 9.82. The molecule has 3 aliphatic rings. The minimum Gasteiger partial charge on any atom is -0.508 e. The number of piperazine rings is 1. The molecule has 10 heteroatoms. The van der Waals surface area contributed by atoms with Gasteiger partial charge in [0, 0.05) is 38.2 Å². The van der Waals surface area contributed by atoms with Crippen LogP contribution in [0.3, 0.4) is 0 Å². The Hall–Kier alpha value is -4.02. The minimum atomic E-state index is -0.845. The SMILES string of the molecule is C=C(C)C1CNCCN1c1nc(OC[C@@]23CCCN2C[C@H](F)C3)nc2cc(-c3cc(O)cc4cccc(CC)c34)nc(OC)c12. The van der Waals surface area contributed by atoms with Gasteiger partial charge in [-0.25, -0.2) is 9.37 Å². The number of pyridine rings is 1. The van der Waals surface area contributed by atoms with Gasteiger partial charge in [-0.15, -0.1) is 0 Å². The first-order chi connectivity index (χ1) is 21.8. The number of rotatable bonds is 8. The molecule has 236 valence electrons. The van der Waals surface area contributed by atoms with Crippen LogP contribution < -0.4 is 19.7 Å². The third-order valence-corrected chi connectivity index (χ3v) is 9.82. The summed E-state index contributed by atoms with van der Waals surface area (Å²) in [6.07, 6.45) is 2.38. The summed E-state index contributed by atoms with van der Waals surface area (Å²) >= 11 is 0. The zero-order valence-electron chi connectivity index (χ0n) is 26.3. The second-order valence-electron chi connectivity index (χ2n) is 12.7. The lowest BCUT2D eigenvalue weighted by Gasteiger charge is -2.38. The van der Waals surface area contributed by atoms with Crippen molar-refractivity contribution in [2.75, 3.05) is 51.3 Å². The van der Waals surface area contributed by atoms with Crippen LogP contribution in [0.25, 0.3) is 32.9 Å². The normalized spacial score (nSPS) is 23.5. The van der Waals surface area contributed by atoms with Crippen molar-refractivity contribution in [2.24, 2.45) is 0 Å². The number of alkyl halides is 1. The van der Waals surface area contributed by atoms with Gasteiger partial charge in [0.2, 0.25) is 5.88 Å². The summed E-state index contributed by atoms with van der Waals surface area (Å²) in [4.78, 5) is 19.4. The van der Waals surface area contributed by atoms with Crippen LogP contribution in [0.15, 0.2) is 48.6 Å². The third kappa shape index (κ3) is 5.23. The van der Waals surface area contributed by atoms with Gasteiger partial charge in [-0.1, -0.05) is 37.3 Å². The lowest BCUT2D eigenvalue weighted by Crippen LogP contribution is -2.52. The topological polar surface area (TPSA) is 95.9 Å². The number of methoxy groups -OCH3 is 1. The van der Waals surface area contributed by atoms with E-state index >= 15 is 0 Å². The maximum absolute atomic E-state index is 14.5. The van der Waals surface area contributed by atoms with Crippen LogP contribution in [0, 0.1) is 0 Å². The average Bonchev–Trinajstić information content (AvgIpc) is 3.57. The first-order valence-electron chi connectivity index (χ1n) is 16.0. The summed E-state index contributed by atoms with van der Waals surface area (Å²) in [5, 5.41) is 16.9. The Labute approximate surface area is 263 Å². The van der Waals surface area contributed by atoms with E-state index in [1.165, 1.54) is 0 Å². The molecule has 2 aromatic heterocycles. The number of nitrogens with zero attached hydrogens (tertiary/aromatic N) is 5. The van der Waals surface area contributed by atoms with Gasteiger partial charge >= 0.3 is 6.01 Å². The van der Waals surface area contributed by atoms with Crippen LogP contribution in [0.5, 0.6) is 17.6 Å². The summed E-state index contributed by atoms with van der Waals surface area (Å²) in [7, 11) is 1.60.